The van der Waals surface area contributed by atoms with Crippen LogP contribution in [0.15, 0.2) is 11.8 Å². The Hall–Kier alpha value is -0.990. The summed E-state index contributed by atoms with van der Waals surface area (Å²) in [5, 5.41) is 17.8. The Morgan fingerprint density at radius 3 is 2.00 bits per heavy atom. The summed E-state index contributed by atoms with van der Waals surface area (Å²) in [5.41, 5.74) is 0. The van der Waals surface area contributed by atoms with Crippen LogP contribution in [0.4, 0.5) is 0 Å². The summed E-state index contributed by atoms with van der Waals surface area (Å²) in [6.45, 7) is 2.23. The number of carboxylic acid groups (broad SMARTS) is 1. The lowest BCUT2D eigenvalue weighted by molar-refractivity contribution is -0.137. The number of hydrogen-bond donors (Lipinski definition) is 2. The van der Waals surface area contributed by atoms with Gasteiger partial charge in [0.1, 0.15) is 0 Å². The molecule has 0 aliphatic rings. The van der Waals surface area contributed by atoms with Crippen LogP contribution in [0.2, 0.25) is 0 Å². The van der Waals surface area contributed by atoms with E-state index >= 15 is 0 Å². The molecule has 0 bridgehead atoms. The molecular formula is C15H28O3. The Morgan fingerprint density at radius 2 is 1.44 bits per heavy atom. The molecule has 0 amide bonds. The van der Waals surface area contributed by atoms with Gasteiger partial charge in [-0.2, -0.15) is 0 Å². The minimum Gasteiger partial charge on any atom is -0.513 e. The molecule has 3 heteroatoms. The Bertz CT molecular complexity index is 234. The fraction of sp³-hybridized carbons (Fsp3) is 0.800. The summed E-state index contributed by atoms with van der Waals surface area (Å²) < 4.78 is 0. The largest absolute Gasteiger partial charge is 0.513 e. The van der Waals surface area contributed by atoms with Gasteiger partial charge in [0, 0.05) is 6.42 Å². The van der Waals surface area contributed by atoms with Crippen LogP contribution >= 0.6 is 0 Å². The van der Waals surface area contributed by atoms with Crippen LogP contribution in [-0.4, -0.2) is 16.2 Å². The lowest BCUT2D eigenvalue weighted by atomic mass is 10.1. The summed E-state index contributed by atoms with van der Waals surface area (Å²) >= 11 is 0. The Kier molecular flexibility index (Phi) is 11.8. The average molecular weight is 256 g/mol. The van der Waals surface area contributed by atoms with Crippen molar-refractivity contribution < 1.29 is 15.0 Å². The number of carboxylic acids is 1. The molecule has 0 aromatic rings. The SMILES string of the molecule is CCCCCCCCCCC=C(O)CCC(=O)O. The van der Waals surface area contributed by atoms with Crippen LogP contribution in [0.5, 0.6) is 0 Å². The molecule has 0 saturated heterocycles. The van der Waals surface area contributed by atoms with E-state index in [0.717, 1.165) is 12.8 Å². The van der Waals surface area contributed by atoms with Crippen LogP contribution in [0, 0.1) is 0 Å². The molecule has 0 aromatic carbocycles. The van der Waals surface area contributed by atoms with Crippen molar-refractivity contribution >= 4 is 5.97 Å². The van der Waals surface area contributed by atoms with Gasteiger partial charge in [0.2, 0.25) is 0 Å². The lowest BCUT2D eigenvalue weighted by Gasteiger charge is -2.01. The molecule has 0 fully saturated rings. The molecule has 0 aliphatic heterocycles. The zero-order chi connectivity index (χ0) is 13.6. The van der Waals surface area contributed by atoms with Crippen molar-refractivity contribution in [1.29, 1.82) is 0 Å². The summed E-state index contributed by atoms with van der Waals surface area (Å²) in [4.78, 5) is 10.3. The Morgan fingerprint density at radius 1 is 0.889 bits per heavy atom. The van der Waals surface area contributed by atoms with Gasteiger partial charge in [-0.05, 0) is 18.9 Å². The number of aliphatic hydroxyl groups excluding tert-OH is 1. The lowest BCUT2D eigenvalue weighted by Crippen LogP contribution is -1.95. The fourth-order valence-electron chi connectivity index (χ4n) is 1.88. The van der Waals surface area contributed by atoms with E-state index in [-0.39, 0.29) is 18.6 Å². The van der Waals surface area contributed by atoms with Gasteiger partial charge in [-0.1, -0.05) is 51.9 Å². The van der Waals surface area contributed by atoms with Crippen molar-refractivity contribution in [3.63, 3.8) is 0 Å². The second-order valence-electron chi connectivity index (χ2n) is 4.85. The third kappa shape index (κ3) is 13.1. The fourth-order valence-corrected chi connectivity index (χ4v) is 1.88. The maximum absolute atomic E-state index is 10.3. The number of allylic oxidation sites excluding steroid dienone is 2. The standard InChI is InChI=1S/C15H28O3/c1-2-3-4-5-6-7-8-9-10-11-14(16)12-13-15(17)18/h11,16H,2-10,12-13H2,1H3,(H,17,18). The molecule has 0 unspecified atom stereocenters. The first-order valence-corrected chi connectivity index (χ1v) is 7.26. The number of unbranched alkanes of at least 4 members (excludes halogenated alkanes) is 8. The quantitative estimate of drug-likeness (QED) is 0.388. The molecule has 0 aliphatic carbocycles. The Balaban J connectivity index is 3.27. The van der Waals surface area contributed by atoms with Crippen LogP contribution in [-0.2, 0) is 4.79 Å². The highest BCUT2D eigenvalue weighted by atomic mass is 16.4. The van der Waals surface area contributed by atoms with E-state index in [2.05, 4.69) is 6.92 Å². The van der Waals surface area contributed by atoms with Gasteiger partial charge in [-0.3, -0.25) is 4.79 Å². The summed E-state index contributed by atoms with van der Waals surface area (Å²) in [5.74, 6) is -0.637. The smallest absolute Gasteiger partial charge is 0.303 e. The van der Waals surface area contributed by atoms with E-state index in [4.69, 9.17) is 5.11 Å². The molecule has 2 N–H and O–H groups in total. The number of carbonyl (C=O) groups is 1. The van der Waals surface area contributed by atoms with E-state index in [1.165, 1.54) is 44.9 Å². The van der Waals surface area contributed by atoms with Gasteiger partial charge in [0.05, 0.1) is 12.2 Å². The second-order valence-corrected chi connectivity index (χ2v) is 4.85. The first-order valence-electron chi connectivity index (χ1n) is 7.26. The molecule has 0 heterocycles. The van der Waals surface area contributed by atoms with Crippen molar-refractivity contribution in [3.05, 3.63) is 11.8 Å². The molecule has 0 radical (unpaired) electrons. The van der Waals surface area contributed by atoms with Crippen LogP contribution in [0.1, 0.15) is 77.6 Å². The molecule has 0 spiro atoms. The van der Waals surface area contributed by atoms with Gasteiger partial charge < -0.3 is 10.2 Å². The van der Waals surface area contributed by atoms with Crippen LogP contribution < -0.4 is 0 Å². The molecule has 0 atom stereocenters. The Labute approximate surface area is 111 Å². The topological polar surface area (TPSA) is 57.5 Å². The highest BCUT2D eigenvalue weighted by Gasteiger charge is 1.99. The number of hydrogen-bond acceptors (Lipinski definition) is 2. The maximum Gasteiger partial charge on any atom is 0.303 e. The first kappa shape index (κ1) is 17.0. The van der Waals surface area contributed by atoms with Crippen molar-refractivity contribution in [1.82, 2.24) is 0 Å². The van der Waals surface area contributed by atoms with Gasteiger partial charge >= 0.3 is 5.97 Å². The molecule has 3 nitrogen and oxygen atoms in total. The van der Waals surface area contributed by atoms with Crippen molar-refractivity contribution in [2.24, 2.45) is 0 Å². The van der Waals surface area contributed by atoms with Gasteiger partial charge in [0.15, 0.2) is 0 Å². The van der Waals surface area contributed by atoms with Crippen molar-refractivity contribution in [2.45, 2.75) is 77.6 Å². The molecule has 0 rings (SSSR count). The van der Waals surface area contributed by atoms with Crippen LogP contribution in [0.25, 0.3) is 0 Å². The maximum atomic E-state index is 10.3. The van der Waals surface area contributed by atoms with Gasteiger partial charge in [0.25, 0.3) is 0 Å². The third-order valence-electron chi connectivity index (χ3n) is 3.03. The number of aliphatic carboxylic acids is 1. The predicted molar refractivity (Wildman–Crippen MR) is 74.8 cm³/mol. The second kappa shape index (κ2) is 12.5. The minimum atomic E-state index is -0.859. The molecule has 0 aromatic heterocycles. The highest BCUT2D eigenvalue weighted by molar-refractivity contribution is 5.66. The van der Waals surface area contributed by atoms with Gasteiger partial charge in [-0.25, -0.2) is 0 Å². The number of aliphatic hydroxyl groups is 1. The molecule has 18 heavy (non-hydrogen) atoms. The average Bonchev–Trinajstić information content (AvgIpc) is 2.34. The highest BCUT2D eigenvalue weighted by Crippen LogP contribution is 2.11. The molecule has 106 valence electrons. The number of rotatable bonds is 12. The first-order chi connectivity index (χ1) is 8.66. The van der Waals surface area contributed by atoms with Crippen molar-refractivity contribution in [2.75, 3.05) is 0 Å². The predicted octanol–water partition coefficient (Wildman–Crippen LogP) is 4.82. The summed E-state index contributed by atoms with van der Waals surface area (Å²) in [7, 11) is 0. The zero-order valence-corrected chi connectivity index (χ0v) is 11.7. The van der Waals surface area contributed by atoms with E-state index in [1.54, 1.807) is 6.08 Å². The van der Waals surface area contributed by atoms with Crippen LogP contribution in [0.3, 0.4) is 0 Å². The zero-order valence-electron chi connectivity index (χ0n) is 11.7. The van der Waals surface area contributed by atoms with Gasteiger partial charge in [-0.15, -0.1) is 0 Å². The third-order valence-corrected chi connectivity index (χ3v) is 3.03. The van der Waals surface area contributed by atoms with E-state index in [0.29, 0.717) is 0 Å². The normalized spacial score (nSPS) is 11.7. The molecule has 0 saturated carbocycles. The summed E-state index contributed by atoms with van der Waals surface area (Å²) in [6.07, 6.45) is 13.1. The van der Waals surface area contributed by atoms with Crippen molar-refractivity contribution in [3.8, 4) is 0 Å². The molecular weight excluding hydrogens is 228 g/mol. The van der Waals surface area contributed by atoms with E-state index in [9.17, 15) is 9.90 Å². The van der Waals surface area contributed by atoms with E-state index < -0.39 is 5.97 Å². The van der Waals surface area contributed by atoms with E-state index in [1.807, 2.05) is 0 Å². The monoisotopic (exact) mass is 256 g/mol. The summed E-state index contributed by atoms with van der Waals surface area (Å²) in [6, 6.07) is 0. The minimum absolute atomic E-state index is 0.0137.